The number of carbonyl (C=O) groups is 1. The van der Waals surface area contributed by atoms with Crippen LogP contribution in [0.4, 0.5) is 0 Å². The standard InChI is InChI=1S/C21H27N3O3S/c1-15-11-17(3)20(12-16(15)2)28(26,27)23-13-18-6-9-24(10-7-18)21(25)19-5-4-8-22-14-19/h4-5,8,11-12,14,18,23H,6-7,9-10,13H2,1-3H3. The Morgan fingerprint density at radius 1 is 1.14 bits per heavy atom. The zero-order valence-corrected chi connectivity index (χ0v) is 17.4. The molecule has 1 aliphatic heterocycles. The lowest BCUT2D eigenvalue weighted by Gasteiger charge is -2.32. The molecule has 1 aliphatic rings. The van der Waals surface area contributed by atoms with Crippen LogP contribution in [0.3, 0.4) is 0 Å². The van der Waals surface area contributed by atoms with E-state index in [1.807, 2.05) is 31.7 Å². The van der Waals surface area contributed by atoms with Gasteiger partial charge in [0.1, 0.15) is 0 Å². The Kier molecular flexibility index (Phi) is 6.15. The van der Waals surface area contributed by atoms with Crippen LogP contribution in [0.5, 0.6) is 0 Å². The van der Waals surface area contributed by atoms with Gasteiger partial charge in [0.15, 0.2) is 0 Å². The number of nitrogens with one attached hydrogen (secondary N) is 1. The summed E-state index contributed by atoms with van der Waals surface area (Å²) < 4.78 is 28.2. The molecule has 2 aromatic rings. The third kappa shape index (κ3) is 4.59. The maximum absolute atomic E-state index is 12.7. The van der Waals surface area contributed by atoms with Crippen molar-refractivity contribution in [2.75, 3.05) is 19.6 Å². The van der Waals surface area contributed by atoms with Gasteiger partial charge in [-0.3, -0.25) is 9.78 Å². The van der Waals surface area contributed by atoms with Gasteiger partial charge in [-0.1, -0.05) is 6.07 Å². The smallest absolute Gasteiger partial charge is 0.255 e. The summed E-state index contributed by atoms with van der Waals surface area (Å²) in [5.41, 5.74) is 3.40. The summed E-state index contributed by atoms with van der Waals surface area (Å²) in [4.78, 5) is 18.6. The molecule has 1 saturated heterocycles. The fourth-order valence-electron chi connectivity index (χ4n) is 3.54. The Bertz CT molecular complexity index is 950. The summed E-state index contributed by atoms with van der Waals surface area (Å²) >= 11 is 0. The van der Waals surface area contributed by atoms with Crippen LogP contribution in [0.1, 0.15) is 39.9 Å². The molecule has 6 nitrogen and oxygen atoms in total. The van der Waals surface area contributed by atoms with E-state index in [9.17, 15) is 13.2 Å². The quantitative estimate of drug-likeness (QED) is 0.836. The molecule has 0 atom stereocenters. The van der Waals surface area contributed by atoms with Crippen molar-refractivity contribution in [1.82, 2.24) is 14.6 Å². The summed E-state index contributed by atoms with van der Waals surface area (Å²) in [7, 11) is -3.54. The molecule has 3 rings (SSSR count). The average Bonchev–Trinajstić information content (AvgIpc) is 2.69. The maximum Gasteiger partial charge on any atom is 0.255 e. The molecule has 1 aromatic carbocycles. The number of aromatic nitrogens is 1. The summed E-state index contributed by atoms with van der Waals surface area (Å²) in [6, 6.07) is 7.17. The Morgan fingerprint density at radius 3 is 2.46 bits per heavy atom. The van der Waals surface area contributed by atoms with Crippen LogP contribution in [0.25, 0.3) is 0 Å². The monoisotopic (exact) mass is 401 g/mol. The highest BCUT2D eigenvalue weighted by molar-refractivity contribution is 7.89. The number of sulfonamides is 1. The zero-order valence-electron chi connectivity index (χ0n) is 16.6. The fraction of sp³-hybridized carbons (Fsp3) is 0.429. The second-order valence-electron chi connectivity index (χ2n) is 7.53. The molecule has 0 radical (unpaired) electrons. The van der Waals surface area contributed by atoms with Gasteiger partial charge in [-0.25, -0.2) is 13.1 Å². The highest BCUT2D eigenvalue weighted by Gasteiger charge is 2.25. The molecule has 0 aliphatic carbocycles. The zero-order chi connectivity index (χ0) is 20.3. The normalized spacial score (nSPS) is 15.6. The first-order valence-corrected chi connectivity index (χ1v) is 11.0. The third-order valence-corrected chi connectivity index (χ3v) is 7.02. The highest BCUT2D eigenvalue weighted by atomic mass is 32.2. The lowest BCUT2D eigenvalue weighted by Crippen LogP contribution is -2.41. The number of rotatable bonds is 5. The van der Waals surface area contributed by atoms with Gasteiger partial charge in [-0.15, -0.1) is 0 Å². The van der Waals surface area contributed by atoms with Gasteiger partial charge in [-0.05, 0) is 74.4 Å². The van der Waals surface area contributed by atoms with Crippen LogP contribution in [0.2, 0.25) is 0 Å². The topological polar surface area (TPSA) is 79.4 Å². The molecule has 7 heteroatoms. The van der Waals surface area contributed by atoms with E-state index in [0.717, 1.165) is 29.5 Å². The van der Waals surface area contributed by atoms with E-state index in [2.05, 4.69) is 9.71 Å². The lowest BCUT2D eigenvalue weighted by molar-refractivity contribution is 0.0691. The van der Waals surface area contributed by atoms with Crippen LogP contribution in [0.15, 0.2) is 41.6 Å². The van der Waals surface area contributed by atoms with Crippen LogP contribution in [0, 0.1) is 26.7 Å². The first-order valence-electron chi connectivity index (χ1n) is 9.55. The van der Waals surface area contributed by atoms with Crippen LogP contribution >= 0.6 is 0 Å². The predicted octanol–water partition coefficient (Wildman–Crippen LogP) is 2.84. The predicted molar refractivity (Wildman–Crippen MR) is 109 cm³/mol. The molecule has 1 N–H and O–H groups in total. The van der Waals surface area contributed by atoms with E-state index in [1.54, 1.807) is 30.6 Å². The van der Waals surface area contributed by atoms with Crippen LogP contribution in [-0.4, -0.2) is 43.8 Å². The first-order chi connectivity index (χ1) is 13.3. The molecule has 150 valence electrons. The minimum atomic E-state index is -3.54. The number of nitrogens with zero attached hydrogens (tertiary/aromatic N) is 2. The van der Waals surface area contributed by atoms with Crippen molar-refractivity contribution in [2.24, 2.45) is 5.92 Å². The number of aryl methyl sites for hydroxylation is 3. The molecule has 28 heavy (non-hydrogen) atoms. The van der Waals surface area contributed by atoms with Gasteiger partial charge < -0.3 is 4.90 Å². The number of hydrogen-bond acceptors (Lipinski definition) is 4. The molecule has 0 unspecified atom stereocenters. The van der Waals surface area contributed by atoms with Crippen molar-refractivity contribution in [3.63, 3.8) is 0 Å². The largest absolute Gasteiger partial charge is 0.339 e. The molecule has 0 saturated carbocycles. The number of hydrogen-bond donors (Lipinski definition) is 1. The van der Waals surface area contributed by atoms with Crippen molar-refractivity contribution in [3.8, 4) is 0 Å². The van der Waals surface area contributed by atoms with E-state index in [0.29, 0.717) is 30.1 Å². The van der Waals surface area contributed by atoms with Crippen LogP contribution in [-0.2, 0) is 10.0 Å². The molecule has 0 spiro atoms. The maximum atomic E-state index is 12.7. The van der Waals surface area contributed by atoms with Gasteiger partial charge in [0.25, 0.3) is 5.91 Å². The summed E-state index contributed by atoms with van der Waals surface area (Å²) in [5.74, 6) is 0.206. The molecule has 1 aromatic heterocycles. The van der Waals surface area contributed by atoms with Crippen molar-refractivity contribution >= 4 is 15.9 Å². The number of carbonyl (C=O) groups excluding carboxylic acids is 1. The highest BCUT2D eigenvalue weighted by Crippen LogP contribution is 2.22. The van der Waals surface area contributed by atoms with E-state index >= 15 is 0 Å². The molecular formula is C21H27N3O3S. The van der Waals surface area contributed by atoms with Crippen molar-refractivity contribution < 1.29 is 13.2 Å². The van der Waals surface area contributed by atoms with Crippen molar-refractivity contribution in [2.45, 2.75) is 38.5 Å². The molecular weight excluding hydrogens is 374 g/mol. The van der Waals surface area contributed by atoms with Crippen molar-refractivity contribution in [3.05, 3.63) is 58.9 Å². The third-order valence-electron chi connectivity index (χ3n) is 5.45. The number of benzene rings is 1. The second kappa shape index (κ2) is 8.41. The number of amides is 1. The Hall–Kier alpha value is -2.25. The number of pyridine rings is 1. The number of likely N-dealkylation sites (tertiary alicyclic amines) is 1. The number of piperidine rings is 1. The first kappa shape index (κ1) is 20.5. The van der Waals surface area contributed by atoms with E-state index in [1.165, 1.54) is 0 Å². The minimum Gasteiger partial charge on any atom is -0.339 e. The Labute approximate surface area is 167 Å². The SMILES string of the molecule is Cc1cc(C)c(S(=O)(=O)NCC2CCN(C(=O)c3cccnc3)CC2)cc1C. The van der Waals surface area contributed by atoms with Gasteiger partial charge in [0.05, 0.1) is 10.5 Å². The summed E-state index contributed by atoms with van der Waals surface area (Å²) in [6.45, 7) is 7.37. The van der Waals surface area contributed by atoms with Gasteiger partial charge in [0.2, 0.25) is 10.0 Å². The van der Waals surface area contributed by atoms with Crippen molar-refractivity contribution in [1.29, 1.82) is 0 Å². The second-order valence-corrected chi connectivity index (χ2v) is 9.27. The van der Waals surface area contributed by atoms with Gasteiger partial charge >= 0.3 is 0 Å². The van der Waals surface area contributed by atoms with Gasteiger partial charge in [0, 0.05) is 32.0 Å². The molecule has 1 fully saturated rings. The minimum absolute atomic E-state index is 0.0158. The average molecular weight is 402 g/mol. The Balaban J connectivity index is 1.57. The van der Waals surface area contributed by atoms with E-state index in [4.69, 9.17) is 0 Å². The Morgan fingerprint density at radius 2 is 1.82 bits per heavy atom. The summed E-state index contributed by atoms with van der Waals surface area (Å²) in [5, 5.41) is 0. The van der Waals surface area contributed by atoms with Crippen LogP contribution < -0.4 is 4.72 Å². The van der Waals surface area contributed by atoms with Gasteiger partial charge in [-0.2, -0.15) is 0 Å². The van der Waals surface area contributed by atoms with E-state index in [-0.39, 0.29) is 11.8 Å². The molecule has 1 amide bonds. The van der Waals surface area contributed by atoms with E-state index < -0.39 is 10.0 Å². The molecule has 2 heterocycles. The summed E-state index contributed by atoms with van der Waals surface area (Å²) in [6.07, 6.45) is 4.78. The lowest BCUT2D eigenvalue weighted by atomic mass is 9.97. The molecule has 0 bridgehead atoms. The fourth-order valence-corrected chi connectivity index (χ4v) is 4.97.